The quantitative estimate of drug-likeness (QED) is 0.639. The predicted octanol–water partition coefficient (Wildman–Crippen LogP) is 4.21. The number of hydrogen-bond donors (Lipinski definition) is 0. The van der Waals surface area contributed by atoms with E-state index in [9.17, 15) is 9.59 Å². The number of nitrogens with zero attached hydrogens (tertiary/aromatic N) is 1. The number of ether oxygens (including phenoxy) is 1. The molecule has 3 aromatic rings. The smallest absolute Gasteiger partial charge is 0.268 e. The monoisotopic (exact) mass is 361 g/mol. The fourth-order valence-corrected chi connectivity index (χ4v) is 3.20. The minimum Gasteiger partial charge on any atom is -0.478 e. The van der Waals surface area contributed by atoms with Crippen LogP contribution in [0, 0.1) is 0 Å². The molecular weight excluding hydrogens is 342 g/mol. The molecule has 1 atom stereocenters. The molecule has 1 aliphatic rings. The van der Waals surface area contributed by atoms with E-state index < -0.39 is 6.10 Å². The maximum atomic E-state index is 12.9. The van der Waals surface area contributed by atoms with Gasteiger partial charge in [-0.15, -0.1) is 0 Å². The first-order valence-corrected chi connectivity index (χ1v) is 8.91. The molecule has 136 valence electrons. The maximum absolute atomic E-state index is 12.9. The summed E-state index contributed by atoms with van der Waals surface area (Å²) < 4.78 is 11.1. The van der Waals surface area contributed by atoms with Gasteiger partial charge in [0.25, 0.3) is 5.91 Å². The topological polar surface area (TPSA) is 59.8 Å². The standard InChI is InChI=1S/C22H19NO4/c1-2-18-22(25)23(14-15-7-4-3-5-8-15)17-13-16(10-11-19(17)27-18)21(24)20-9-6-12-26-20/h3-13,18H,2,14H2,1H3/t18-/m0/s1. The Labute approximate surface area is 157 Å². The lowest BCUT2D eigenvalue weighted by molar-refractivity contribution is -0.126. The summed E-state index contributed by atoms with van der Waals surface area (Å²) in [7, 11) is 0. The van der Waals surface area contributed by atoms with Crippen molar-refractivity contribution in [3.05, 3.63) is 83.8 Å². The lowest BCUT2D eigenvalue weighted by Gasteiger charge is -2.34. The van der Waals surface area contributed by atoms with Crippen LogP contribution < -0.4 is 9.64 Å². The summed E-state index contributed by atoms with van der Waals surface area (Å²) in [6.07, 6.45) is 1.52. The summed E-state index contributed by atoms with van der Waals surface area (Å²) >= 11 is 0. The van der Waals surface area contributed by atoms with Gasteiger partial charge < -0.3 is 14.1 Å². The van der Waals surface area contributed by atoms with Crippen LogP contribution in [-0.4, -0.2) is 17.8 Å². The Balaban J connectivity index is 1.74. The molecule has 0 radical (unpaired) electrons. The molecule has 0 bridgehead atoms. The van der Waals surface area contributed by atoms with Crippen LogP contribution in [0.5, 0.6) is 5.75 Å². The van der Waals surface area contributed by atoms with Crippen molar-refractivity contribution in [3.8, 4) is 5.75 Å². The number of hydrogen-bond acceptors (Lipinski definition) is 4. The van der Waals surface area contributed by atoms with Crippen molar-refractivity contribution in [1.82, 2.24) is 0 Å². The van der Waals surface area contributed by atoms with Gasteiger partial charge in [0.2, 0.25) is 5.78 Å². The van der Waals surface area contributed by atoms with Crippen LogP contribution in [0.15, 0.2) is 71.3 Å². The molecule has 2 heterocycles. The molecule has 4 rings (SSSR count). The van der Waals surface area contributed by atoms with Gasteiger partial charge >= 0.3 is 0 Å². The first kappa shape index (κ1) is 17.1. The number of anilines is 1. The van der Waals surface area contributed by atoms with Crippen molar-refractivity contribution in [2.75, 3.05) is 4.90 Å². The predicted molar refractivity (Wildman–Crippen MR) is 101 cm³/mol. The summed E-state index contributed by atoms with van der Waals surface area (Å²) in [6.45, 7) is 2.34. The van der Waals surface area contributed by atoms with Gasteiger partial charge in [-0.2, -0.15) is 0 Å². The molecule has 0 aliphatic carbocycles. The second-order valence-corrected chi connectivity index (χ2v) is 6.41. The summed E-state index contributed by atoms with van der Waals surface area (Å²) in [5, 5.41) is 0. The first-order valence-electron chi connectivity index (χ1n) is 8.91. The summed E-state index contributed by atoms with van der Waals surface area (Å²) in [5.74, 6) is 0.538. The Morgan fingerprint density at radius 2 is 1.89 bits per heavy atom. The lowest BCUT2D eigenvalue weighted by atomic mass is 10.0. The molecule has 1 amide bonds. The van der Waals surface area contributed by atoms with Crippen LogP contribution in [0.25, 0.3) is 0 Å². The van der Waals surface area contributed by atoms with Crippen molar-refractivity contribution in [2.24, 2.45) is 0 Å². The van der Waals surface area contributed by atoms with Crippen LogP contribution in [-0.2, 0) is 11.3 Å². The van der Waals surface area contributed by atoms with E-state index in [0.29, 0.717) is 30.0 Å². The van der Waals surface area contributed by atoms with E-state index in [0.717, 1.165) is 5.56 Å². The van der Waals surface area contributed by atoms with Crippen molar-refractivity contribution in [1.29, 1.82) is 0 Å². The average Bonchev–Trinajstić information content (AvgIpc) is 3.24. The number of fused-ring (bicyclic) bond motifs is 1. The second kappa shape index (κ2) is 7.11. The summed E-state index contributed by atoms with van der Waals surface area (Å²) in [4.78, 5) is 27.2. The Hall–Kier alpha value is -3.34. The molecule has 0 N–H and O–H groups in total. The fraction of sp³-hybridized carbons (Fsp3) is 0.182. The van der Waals surface area contributed by atoms with Gasteiger partial charge in [0.15, 0.2) is 11.9 Å². The van der Waals surface area contributed by atoms with Crippen molar-refractivity contribution >= 4 is 17.4 Å². The highest BCUT2D eigenvalue weighted by molar-refractivity contribution is 6.09. The molecule has 0 saturated heterocycles. The van der Waals surface area contributed by atoms with Gasteiger partial charge in [0, 0.05) is 5.56 Å². The third-order valence-corrected chi connectivity index (χ3v) is 4.62. The van der Waals surface area contributed by atoms with Crippen molar-refractivity contribution < 1.29 is 18.7 Å². The van der Waals surface area contributed by atoms with E-state index in [1.807, 2.05) is 37.3 Å². The van der Waals surface area contributed by atoms with Gasteiger partial charge in [-0.25, -0.2) is 0 Å². The van der Waals surface area contributed by atoms with Crippen molar-refractivity contribution in [3.63, 3.8) is 0 Å². The number of furan rings is 1. The molecule has 5 nitrogen and oxygen atoms in total. The minimum absolute atomic E-state index is 0.101. The summed E-state index contributed by atoms with van der Waals surface area (Å²) in [5.41, 5.74) is 2.07. The number of ketones is 1. The molecule has 1 aromatic heterocycles. The van der Waals surface area contributed by atoms with E-state index >= 15 is 0 Å². The zero-order valence-electron chi connectivity index (χ0n) is 14.9. The molecule has 2 aromatic carbocycles. The van der Waals surface area contributed by atoms with Crippen LogP contribution in [0.2, 0.25) is 0 Å². The van der Waals surface area contributed by atoms with E-state index in [-0.39, 0.29) is 17.5 Å². The van der Waals surface area contributed by atoms with Gasteiger partial charge in [0.1, 0.15) is 5.75 Å². The Kier molecular flexibility index (Phi) is 4.50. The van der Waals surface area contributed by atoms with E-state index in [2.05, 4.69) is 0 Å². The number of benzene rings is 2. The van der Waals surface area contributed by atoms with Gasteiger partial charge in [-0.05, 0) is 42.3 Å². The van der Waals surface area contributed by atoms with Gasteiger partial charge in [0.05, 0.1) is 18.5 Å². The normalized spacial score (nSPS) is 16.0. The lowest BCUT2D eigenvalue weighted by Crippen LogP contribution is -2.45. The zero-order chi connectivity index (χ0) is 18.8. The van der Waals surface area contributed by atoms with Crippen LogP contribution in [0.3, 0.4) is 0 Å². The van der Waals surface area contributed by atoms with E-state index in [1.54, 1.807) is 35.2 Å². The van der Waals surface area contributed by atoms with Gasteiger partial charge in [-0.3, -0.25) is 9.59 Å². The largest absolute Gasteiger partial charge is 0.478 e. The third-order valence-electron chi connectivity index (χ3n) is 4.62. The van der Waals surface area contributed by atoms with Gasteiger partial charge in [-0.1, -0.05) is 37.3 Å². The Morgan fingerprint density at radius 1 is 1.07 bits per heavy atom. The van der Waals surface area contributed by atoms with Crippen LogP contribution in [0.1, 0.15) is 35.0 Å². The first-order chi connectivity index (χ1) is 13.2. The summed E-state index contributed by atoms with van der Waals surface area (Å²) in [6, 6.07) is 18.2. The minimum atomic E-state index is -0.521. The molecule has 0 spiro atoms. The van der Waals surface area contributed by atoms with Crippen LogP contribution >= 0.6 is 0 Å². The highest BCUT2D eigenvalue weighted by atomic mass is 16.5. The highest BCUT2D eigenvalue weighted by Crippen LogP contribution is 2.37. The highest BCUT2D eigenvalue weighted by Gasteiger charge is 2.34. The Bertz CT molecular complexity index is 963. The molecule has 0 fully saturated rings. The molecular formula is C22H19NO4. The number of carbonyl (C=O) groups is 2. The SMILES string of the molecule is CC[C@@H]1Oc2ccc(C(=O)c3ccco3)cc2N(Cc2ccccc2)C1=O. The molecule has 0 saturated carbocycles. The Morgan fingerprint density at radius 3 is 2.59 bits per heavy atom. The van der Waals surface area contributed by atoms with Crippen LogP contribution in [0.4, 0.5) is 5.69 Å². The van der Waals surface area contributed by atoms with E-state index in [1.165, 1.54) is 6.26 Å². The fourth-order valence-electron chi connectivity index (χ4n) is 3.20. The van der Waals surface area contributed by atoms with E-state index in [4.69, 9.17) is 9.15 Å². The molecule has 27 heavy (non-hydrogen) atoms. The number of amides is 1. The molecule has 0 unspecified atom stereocenters. The maximum Gasteiger partial charge on any atom is 0.268 e. The third kappa shape index (κ3) is 3.24. The molecule has 5 heteroatoms. The van der Waals surface area contributed by atoms with Crippen molar-refractivity contribution in [2.45, 2.75) is 26.0 Å². The second-order valence-electron chi connectivity index (χ2n) is 6.41. The molecule has 1 aliphatic heterocycles. The number of rotatable bonds is 5. The zero-order valence-corrected chi connectivity index (χ0v) is 14.9. The average molecular weight is 361 g/mol. The number of carbonyl (C=O) groups excluding carboxylic acids is 2.